The predicted molar refractivity (Wildman–Crippen MR) is 117 cm³/mol. The molecule has 30 heavy (non-hydrogen) atoms. The Labute approximate surface area is 179 Å². The summed E-state index contributed by atoms with van der Waals surface area (Å²) in [6, 6.07) is 15.6. The number of fused-ring (bicyclic) bond motifs is 1. The lowest BCUT2D eigenvalue weighted by Crippen LogP contribution is -2.25. The molecule has 4 aromatic rings. The minimum absolute atomic E-state index is 0.0883. The standard InChI is InChI=1S/C22H24N4O3S/c1-14-23-22-26(24-14)21(27)20(30-22)19(25(2)13-15-8-6-5-7-9-15)17-12-16(28-3)10-11-18(17)29-4/h5-12,19,27H,13H2,1-4H3/t19-/m1/s1. The molecule has 4 rings (SSSR count). The van der Waals surface area contributed by atoms with Crippen LogP contribution < -0.4 is 9.47 Å². The number of aryl methyl sites for hydroxylation is 1. The Hall–Kier alpha value is -3.10. The fourth-order valence-corrected chi connectivity index (χ4v) is 4.81. The Bertz CT molecular complexity index is 1160. The highest BCUT2D eigenvalue weighted by molar-refractivity contribution is 7.17. The van der Waals surface area contributed by atoms with Gasteiger partial charge in [0, 0.05) is 12.1 Å². The van der Waals surface area contributed by atoms with Crippen LogP contribution in [0.15, 0.2) is 48.5 Å². The second-order valence-electron chi connectivity index (χ2n) is 7.05. The average molecular weight is 425 g/mol. The van der Waals surface area contributed by atoms with Gasteiger partial charge in [0.05, 0.1) is 25.1 Å². The maximum Gasteiger partial charge on any atom is 0.230 e. The number of hydrogen-bond donors (Lipinski definition) is 1. The van der Waals surface area contributed by atoms with Gasteiger partial charge in [-0.25, -0.2) is 4.98 Å². The van der Waals surface area contributed by atoms with Crippen molar-refractivity contribution in [3.8, 4) is 17.4 Å². The highest BCUT2D eigenvalue weighted by atomic mass is 32.1. The molecule has 0 amide bonds. The summed E-state index contributed by atoms with van der Waals surface area (Å²) in [5.74, 6) is 2.15. The monoisotopic (exact) mass is 424 g/mol. The second-order valence-corrected chi connectivity index (χ2v) is 8.06. The molecule has 156 valence electrons. The number of ether oxygens (including phenoxy) is 2. The van der Waals surface area contributed by atoms with Crippen LogP contribution >= 0.6 is 11.3 Å². The van der Waals surface area contributed by atoms with Crippen LogP contribution in [0, 0.1) is 6.92 Å². The Balaban J connectivity index is 1.86. The maximum atomic E-state index is 11.0. The van der Waals surface area contributed by atoms with Crippen molar-refractivity contribution in [3.05, 3.63) is 70.4 Å². The zero-order chi connectivity index (χ0) is 21.3. The molecule has 0 fully saturated rings. The van der Waals surface area contributed by atoms with Crippen LogP contribution in [0.1, 0.15) is 27.9 Å². The molecular weight excluding hydrogens is 400 g/mol. The topological polar surface area (TPSA) is 72.1 Å². The summed E-state index contributed by atoms with van der Waals surface area (Å²) < 4.78 is 12.6. The lowest BCUT2D eigenvalue weighted by molar-refractivity contribution is 0.260. The van der Waals surface area contributed by atoms with E-state index in [1.807, 2.05) is 50.4 Å². The highest BCUT2D eigenvalue weighted by Gasteiger charge is 2.30. The highest BCUT2D eigenvalue weighted by Crippen LogP contribution is 2.43. The second kappa shape index (κ2) is 8.33. The summed E-state index contributed by atoms with van der Waals surface area (Å²) in [5, 5.41) is 15.3. The first-order valence-corrected chi connectivity index (χ1v) is 10.3. The molecule has 1 atom stereocenters. The molecule has 8 heteroatoms. The largest absolute Gasteiger partial charge is 0.497 e. The molecule has 2 heterocycles. The van der Waals surface area contributed by atoms with E-state index in [4.69, 9.17) is 9.47 Å². The molecule has 1 N–H and O–H groups in total. The molecule has 2 aromatic carbocycles. The minimum atomic E-state index is -0.288. The van der Waals surface area contributed by atoms with Gasteiger partial charge in [0.1, 0.15) is 17.3 Å². The van der Waals surface area contributed by atoms with Crippen LogP contribution in [0.2, 0.25) is 0 Å². The molecule has 0 radical (unpaired) electrons. The summed E-state index contributed by atoms with van der Waals surface area (Å²) in [6.07, 6.45) is 0. The lowest BCUT2D eigenvalue weighted by atomic mass is 10.0. The number of nitrogens with zero attached hydrogens (tertiary/aromatic N) is 4. The van der Waals surface area contributed by atoms with Gasteiger partial charge in [0.2, 0.25) is 10.8 Å². The van der Waals surface area contributed by atoms with E-state index in [1.165, 1.54) is 21.4 Å². The van der Waals surface area contributed by atoms with Crippen molar-refractivity contribution in [1.82, 2.24) is 19.5 Å². The van der Waals surface area contributed by atoms with Gasteiger partial charge in [-0.15, -0.1) is 5.10 Å². The Morgan fingerprint density at radius 2 is 1.90 bits per heavy atom. The summed E-state index contributed by atoms with van der Waals surface area (Å²) >= 11 is 1.42. The molecule has 2 aromatic heterocycles. The van der Waals surface area contributed by atoms with Crippen molar-refractivity contribution in [3.63, 3.8) is 0 Å². The fourth-order valence-electron chi connectivity index (χ4n) is 3.62. The number of aromatic hydroxyl groups is 1. The van der Waals surface area contributed by atoms with E-state index in [-0.39, 0.29) is 11.9 Å². The predicted octanol–water partition coefficient (Wildman–Crippen LogP) is 4.04. The van der Waals surface area contributed by atoms with Gasteiger partial charge in [-0.05, 0) is 37.7 Å². The lowest BCUT2D eigenvalue weighted by Gasteiger charge is -2.29. The Morgan fingerprint density at radius 1 is 1.13 bits per heavy atom. The van der Waals surface area contributed by atoms with Crippen LogP contribution in [-0.2, 0) is 6.54 Å². The molecular formula is C22H24N4O3S. The first-order valence-electron chi connectivity index (χ1n) is 9.53. The molecule has 0 saturated heterocycles. The van der Waals surface area contributed by atoms with Crippen molar-refractivity contribution < 1.29 is 14.6 Å². The zero-order valence-electron chi connectivity index (χ0n) is 17.4. The molecule has 0 saturated carbocycles. The van der Waals surface area contributed by atoms with Crippen molar-refractivity contribution in [1.29, 1.82) is 0 Å². The first-order chi connectivity index (χ1) is 14.5. The van der Waals surface area contributed by atoms with Gasteiger partial charge in [-0.2, -0.15) is 4.52 Å². The van der Waals surface area contributed by atoms with Gasteiger partial charge in [-0.1, -0.05) is 41.7 Å². The van der Waals surface area contributed by atoms with E-state index < -0.39 is 0 Å². The zero-order valence-corrected chi connectivity index (χ0v) is 18.2. The van der Waals surface area contributed by atoms with Crippen LogP contribution in [-0.4, -0.2) is 45.9 Å². The SMILES string of the molecule is COc1ccc(OC)c([C@H](c2sc3nc(C)nn3c2O)N(C)Cc2ccccc2)c1. The summed E-state index contributed by atoms with van der Waals surface area (Å²) in [5.41, 5.74) is 2.06. The van der Waals surface area contributed by atoms with Gasteiger partial charge >= 0.3 is 0 Å². The molecule has 0 aliphatic carbocycles. The van der Waals surface area contributed by atoms with E-state index in [1.54, 1.807) is 14.2 Å². The number of rotatable bonds is 7. The number of hydrogen-bond acceptors (Lipinski definition) is 7. The Kier molecular flexibility index (Phi) is 5.61. The molecule has 0 bridgehead atoms. The van der Waals surface area contributed by atoms with E-state index in [0.29, 0.717) is 17.3 Å². The molecule has 0 aliphatic rings. The normalized spacial score (nSPS) is 12.4. The third kappa shape index (κ3) is 3.71. The Morgan fingerprint density at radius 3 is 2.57 bits per heavy atom. The van der Waals surface area contributed by atoms with Crippen molar-refractivity contribution in [2.24, 2.45) is 0 Å². The maximum absolute atomic E-state index is 11.0. The number of methoxy groups -OCH3 is 2. The fraction of sp³-hybridized carbons (Fsp3) is 0.273. The third-order valence-corrected chi connectivity index (χ3v) is 6.07. The summed E-state index contributed by atoms with van der Waals surface area (Å²) in [4.78, 5) is 8.00. The molecule has 7 nitrogen and oxygen atoms in total. The average Bonchev–Trinajstić information content (AvgIpc) is 3.26. The number of thiazole rings is 1. The van der Waals surface area contributed by atoms with Gasteiger partial charge in [0.15, 0.2) is 0 Å². The van der Waals surface area contributed by atoms with Gasteiger partial charge < -0.3 is 14.6 Å². The first kappa shape index (κ1) is 20.2. The summed E-state index contributed by atoms with van der Waals surface area (Å²) in [7, 11) is 5.31. The number of benzene rings is 2. The van der Waals surface area contributed by atoms with Gasteiger partial charge in [0.25, 0.3) is 0 Å². The van der Waals surface area contributed by atoms with Crippen LogP contribution in [0.4, 0.5) is 0 Å². The molecule has 0 spiro atoms. The van der Waals surface area contributed by atoms with Crippen molar-refractivity contribution in [2.45, 2.75) is 19.5 Å². The number of aromatic nitrogens is 3. The minimum Gasteiger partial charge on any atom is -0.497 e. The van der Waals surface area contributed by atoms with Crippen molar-refractivity contribution >= 4 is 16.3 Å². The quantitative estimate of drug-likeness (QED) is 0.483. The summed E-state index contributed by atoms with van der Waals surface area (Å²) in [6.45, 7) is 2.49. The molecule has 0 unspecified atom stereocenters. The smallest absolute Gasteiger partial charge is 0.230 e. The van der Waals surface area contributed by atoms with Crippen molar-refractivity contribution in [2.75, 3.05) is 21.3 Å². The van der Waals surface area contributed by atoms with E-state index in [9.17, 15) is 5.11 Å². The third-order valence-electron chi connectivity index (χ3n) is 5.00. The van der Waals surface area contributed by atoms with E-state index in [0.717, 1.165) is 21.9 Å². The van der Waals surface area contributed by atoms with E-state index in [2.05, 4.69) is 27.1 Å². The van der Waals surface area contributed by atoms with Crippen LogP contribution in [0.25, 0.3) is 4.96 Å². The van der Waals surface area contributed by atoms with Crippen LogP contribution in [0.3, 0.4) is 0 Å². The van der Waals surface area contributed by atoms with E-state index >= 15 is 0 Å². The molecule has 0 aliphatic heterocycles. The van der Waals surface area contributed by atoms with Crippen LogP contribution in [0.5, 0.6) is 17.4 Å². The van der Waals surface area contributed by atoms with Gasteiger partial charge in [-0.3, -0.25) is 4.90 Å².